The highest BCUT2D eigenvalue weighted by Gasteiger charge is 2.11. The van der Waals surface area contributed by atoms with Crippen molar-refractivity contribution in [2.75, 3.05) is 25.3 Å². The third-order valence-electron chi connectivity index (χ3n) is 3.43. The number of ether oxygens (including phenoxy) is 2. The minimum atomic E-state index is -0.131. The zero-order valence-electron chi connectivity index (χ0n) is 14.1. The van der Waals surface area contributed by atoms with Crippen molar-refractivity contribution in [3.63, 3.8) is 0 Å². The number of hydrogen-bond acceptors (Lipinski definition) is 7. The van der Waals surface area contributed by atoms with Gasteiger partial charge in [0.25, 0.3) is 0 Å². The van der Waals surface area contributed by atoms with Crippen LogP contribution < -0.4 is 14.8 Å². The maximum Gasteiger partial charge on any atom is 0.225 e. The lowest BCUT2D eigenvalue weighted by molar-refractivity contribution is -0.115. The van der Waals surface area contributed by atoms with Gasteiger partial charge in [-0.3, -0.25) is 4.79 Å². The molecule has 136 valence electrons. The molecule has 8 nitrogen and oxygen atoms in total. The topological polar surface area (TPSA) is 102 Å². The fraction of sp³-hybridized carbons (Fsp3) is 0.250. The smallest absolute Gasteiger partial charge is 0.225 e. The summed E-state index contributed by atoms with van der Waals surface area (Å²) in [7, 11) is 3.11. The lowest BCUT2D eigenvalue weighted by Crippen LogP contribution is -2.12. The molecule has 2 N–H and O–H groups in total. The standard InChI is InChI=1S/C16H16ClN5O3S/c1-24-10-5-9(6-11(7-10)25-2)20-12(23)3-4-26-15-13-14(19-8-18-13)21-16(17)22-15/h5-8H,3-4H2,1-2H3,(H,20,23)(H,18,19,21,22). The molecule has 0 unspecified atom stereocenters. The van der Waals surface area contributed by atoms with Crippen LogP contribution in [-0.2, 0) is 4.79 Å². The number of carbonyl (C=O) groups is 1. The Morgan fingerprint density at radius 1 is 1.23 bits per heavy atom. The Hall–Kier alpha value is -2.52. The van der Waals surface area contributed by atoms with Crippen molar-refractivity contribution in [2.24, 2.45) is 0 Å². The van der Waals surface area contributed by atoms with E-state index in [1.54, 1.807) is 32.4 Å². The van der Waals surface area contributed by atoms with E-state index in [1.165, 1.54) is 18.1 Å². The molecule has 0 aliphatic carbocycles. The predicted octanol–water partition coefficient (Wildman–Crippen LogP) is 3.14. The van der Waals surface area contributed by atoms with Gasteiger partial charge in [0.05, 0.1) is 20.5 Å². The second-order valence-electron chi connectivity index (χ2n) is 5.15. The van der Waals surface area contributed by atoms with Crippen LogP contribution >= 0.6 is 23.4 Å². The molecule has 0 radical (unpaired) electrons. The average Bonchev–Trinajstić information content (AvgIpc) is 3.09. The monoisotopic (exact) mass is 393 g/mol. The highest BCUT2D eigenvalue weighted by Crippen LogP contribution is 2.27. The Morgan fingerprint density at radius 3 is 2.65 bits per heavy atom. The van der Waals surface area contributed by atoms with E-state index >= 15 is 0 Å². The number of fused-ring (bicyclic) bond motifs is 1. The van der Waals surface area contributed by atoms with Crippen LogP contribution in [0.2, 0.25) is 5.28 Å². The van der Waals surface area contributed by atoms with Gasteiger partial charge in [-0.1, -0.05) is 0 Å². The molecule has 0 atom stereocenters. The Kier molecular flexibility index (Phi) is 5.79. The van der Waals surface area contributed by atoms with Gasteiger partial charge in [-0.05, 0) is 11.6 Å². The van der Waals surface area contributed by atoms with E-state index in [4.69, 9.17) is 21.1 Å². The second-order valence-corrected chi connectivity index (χ2v) is 6.57. The van der Waals surface area contributed by atoms with Crippen LogP contribution in [0, 0.1) is 0 Å². The first-order valence-electron chi connectivity index (χ1n) is 7.61. The summed E-state index contributed by atoms with van der Waals surface area (Å²) in [6.45, 7) is 0. The maximum absolute atomic E-state index is 12.2. The number of methoxy groups -OCH3 is 2. The molecule has 26 heavy (non-hydrogen) atoms. The first kappa shape index (κ1) is 18.3. The van der Waals surface area contributed by atoms with E-state index in [-0.39, 0.29) is 11.2 Å². The molecule has 1 amide bonds. The summed E-state index contributed by atoms with van der Waals surface area (Å²) < 4.78 is 10.4. The van der Waals surface area contributed by atoms with Crippen LogP contribution in [0.15, 0.2) is 29.6 Å². The second kappa shape index (κ2) is 8.24. The lowest BCUT2D eigenvalue weighted by atomic mass is 10.2. The van der Waals surface area contributed by atoms with E-state index in [2.05, 4.69) is 25.3 Å². The van der Waals surface area contributed by atoms with Gasteiger partial charge in [0.15, 0.2) is 5.65 Å². The number of aromatic amines is 1. The van der Waals surface area contributed by atoms with Crippen molar-refractivity contribution in [2.45, 2.75) is 11.4 Å². The van der Waals surface area contributed by atoms with Gasteiger partial charge < -0.3 is 19.8 Å². The number of nitrogens with one attached hydrogen (secondary N) is 2. The summed E-state index contributed by atoms with van der Waals surface area (Å²) in [5.41, 5.74) is 1.81. The SMILES string of the molecule is COc1cc(NC(=O)CCSc2nc(Cl)nc3nc[nH]c23)cc(OC)c1. The number of anilines is 1. The molecule has 0 saturated carbocycles. The molecule has 0 aliphatic rings. The van der Waals surface area contributed by atoms with Crippen LogP contribution in [0.25, 0.3) is 11.2 Å². The minimum Gasteiger partial charge on any atom is -0.497 e. The Labute approximate surface area is 158 Å². The summed E-state index contributed by atoms with van der Waals surface area (Å²) in [4.78, 5) is 27.4. The number of benzene rings is 1. The Morgan fingerprint density at radius 2 is 1.96 bits per heavy atom. The number of imidazole rings is 1. The van der Waals surface area contributed by atoms with E-state index in [9.17, 15) is 4.79 Å². The first-order chi connectivity index (χ1) is 12.6. The molecule has 2 heterocycles. The van der Waals surface area contributed by atoms with Gasteiger partial charge in [0, 0.05) is 36.1 Å². The Balaban J connectivity index is 1.60. The van der Waals surface area contributed by atoms with Crippen molar-refractivity contribution in [1.82, 2.24) is 19.9 Å². The van der Waals surface area contributed by atoms with E-state index in [0.717, 1.165) is 0 Å². The largest absolute Gasteiger partial charge is 0.497 e. The fourth-order valence-electron chi connectivity index (χ4n) is 2.23. The summed E-state index contributed by atoms with van der Waals surface area (Å²) in [5.74, 6) is 1.60. The van der Waals surface area contributed by atoms with Crippen molar-refractivity contribution in [3.05, 3.63) is 29.8 Å². The van der Waals surface area contributed by atoms with Crippen LogP contribution in [0.3, 0.4) is 0 Å². The molecule has 0 saturated heterocycles. The molecular weight excluding hydrogens is 378 g/mol. The van der Waals surface area contributed by atoms with Crippen LogP contribution in [0.5, 0.6) is 11.5 Å². The summed E-state index contributed by atoms with van der Waals surface area (Å²) >= 11 is 7.30. The van der Waals surface area contributed by atoms with Crippen molar-refractivity contribution in [3.8, 4) is 11.5 Å². The maximum atomic E-state index is 12.2. The number of aromatic nitrogens is 4. The highest BCUT2D eigenvalue weighted by molar-refractivity contribution is 7.99. The van der Waals surface area contributed by atoms with Crippen LogP contribution in [-0.4, -0.2) is 45.8 Å². The molecule has 3 rings (SSSR count). The zero-order valence-corrected chi connectivity index (χ0v) is 15.6. The quantitative estimate of drug-likeness (QED) is 0.361. The number of H-pyrrole nitrogens is 1. The molecule has 2 aromatic heterocycles. The lowest BCUT2D eigenvalue weighted by Gasteiger charge is -2.10. The number of amides is 1. The summed E-state index contributed by atoms with van der Waals surface area (Å²) in [6.07, 6.45) is 1.82. The van der Waals surface area contributed by atoms with Crippen LogP contribution in [0.1, 0.15) is 6.42 Å². The molecular formula is C16H16ClN5O3S. The first-order valence-corrected chi connectivity index (χ1v) is 8.97. The normalized spacial score (nSPS) is 10.7. The van der Waals surface area contributed by atoms with Crippen molar-refractivity contribution < 1.29 is 14.3 Å². The molecule has 0 bridgehead atoms. The van der Waals surface area contributed by atoms with Gasteiger partial charge in [0.1, 0.15) is 22.0 Å². The molecule has 10 heteroatoms. The van der Waals surface area contributed by atoms with Crippen molar-refractivity contribution >= 4 is 46.1 Å². The summed E-state index contributed by atoms with van der Waals surface area (Å²) in [6, 6.07) is 5.19. The van der Waals surface area contributed by atoms with Gasteiger partial charge in [-0.15, -0.1) is 11.8 Å². The Bertz CT molecular complexity index is 911. The molecule has 0 spiro atoms. The average molecular weight is 394 g/mol. The third-order valence-corrected chi connectivity index (χ3v) is 4.57. The molecule has 1 aromatic carbocycles. The zero-order chi connectivity index (χ0) is 18.5. The van der Waals surface area contributed by atoms with Crippen molar-refractivity contribution in [1.29, 1.82) is 0 Å². The number of hydrogen-bond donors (Lipinski definition) is 2. The van der Waals surface area contributed by atoms with E-state index < -0.39 is 0 Å². The number of halogens is 1. The molecule has 0 fully saturated rings. The van der Waals surface area contributed by atoms with Gasteiger partial charge in [-0.2, -0.15) is 4.98 Å². The van der Waals surface area contributed by atoms with Gasteiger partial charge in [0.2, 0.25) is 11.2 Å². The summed E-state index contributed by atoms with van der Waals surface area (Å²) in [5, 5.41) is 3.62. The predicted molar refractivity (Wildman–Crippen MR) is 100 cm³/mol. The van der Waals surface area contributed by atoms with E-state index in [0.29, 0.717) is 45.5 Å². The number of thioether (sulfide) groups is 1. The third kappa shape index (κ3) is 4.36. The van der Waals surface area contributed by atoms with Crippen LogP contribution in [0.4, 0.5) is 5.69 Å². The molecule has 3 aromatic rings. The number of carbonyl (C=O) groups excluding carboxylic acids is 1. The van der Waals surface area contributed by atoms with Gasteiger partial charge >= 0.3 is 0 Å². The van der Waals surface area contributed by atoms with Gasteiger partial charge in [-0.25, -0.2) is 9.97 Å². The fourth-order valence-corrected chi connectivity index (χ4v) is 3.37. The highest BCUT2D eigenvalue weighted by atomic mass is 35.5. The number of rotatable bonds is 7. The molecule has 0 aliphatic heterocycles. The minimum absolute atomic E-state index is 0.125. The van der Waals surface area contributed by atoms with E-state index in [1.807, 2.05) is 0 Å². The number of nitrogens with zero attached hydrogens (tertiary/aromatic N) is 3.